The van der Waals surface area contributed by atoms with Crippen molar-refractivity contribution >= 4 is 27.4 Å². The number of hydrogen-bond donors (Lipinski definition) is 0. The van der Waals surface area contributed by atoms with Crippen molar-refractivity contribution in [1.82, 2.24) is 0 Å². The molecule has 0 N–H and O–H groups in total. The maximum atomic E-state index is 12.5. The number of carbonyl (C=O) groups excluding carboxylic acids is 3. The van der Waals surface area contributed by atoms with Gasteiger partial charge >= 0.3 is 5.97 Å². The summed E-state index contributed by atoms with van der Waals surface area (Å²) >= 11 is 0. The van der Waals surface area contributed by atoms with E-state index in [0.717, 1.165) is 31.2 Å². The maximum Gasteiger partial charge on any atom is 0.305 e. The number of hydrogen-bond acceptors (Lipinski definition) is 7. The summed E-state index contributed by atoms with van der Waals surface area (Å²) < 4.78 is 36.1. The minimum Gasteiger partial charge on any atom is -0.465 e. The molecular weight excluding hydrogens is 552 g/mol. The molecule has 0 aliphatic heterocycles. The third-order valence-corrected chi connectivity index (χ3v) is 9.88. The van der Waals surface area contributed by atoms with E-state index in [9.17, 15) is 22.8 Å². The zero-order valence-corrected chi connectivity index (χ0v) is 25.1. The van der Waals surface area contributed by atoms with Crippen molar-refractivity contribution in [2.75, 3.05) is 25.6 Å². The third kappa shape index (κ3) is 9.37. The molecule has 8 heteroatoms. The number of ether oxygens (including phenoxy) is 2. The van der Waals surface area contributed by atoms with E-state index in [4.69, 9.17) is 9.47 Å². The minimum absolute atomic E-state index is 0.0539. The summed E-state index contributed by atoms with van der Waals surface area (Å²) in [5, 5.41) is 0. The van der Waals surface area contributed by atoms with Gasteiger partial charge in [0, 0.05) is 56.4 Å². The fourth-order valence-electron chi connectivity index (χ4n) is 5.52. The van der Waals surface area contributed by atoms with Gasteiger partial charge in [-0.25, -0.2) is 8.42 Å². The zero-order chi connectivity index (χ0) is 30.0. The highest BCUT2D eigenvalue weighted by Gasteiger charge is 2.49. The van der Waals surface area contributed by atoms with Crippen molar-refractivity contribution in [2.45, 2.75) is 69.6 Å². The highest BCUT2D eigenvalue weighted by atomic mass is 32.2. The Labute approximate surface area is 249 Å². The van der Waals surface area contributed by atoms with E-state index in [-0.39, 0.29) is 34.6 Å². The number of aryl methyl sites for hydroxylation is 1. The topological polar surface area (TPSA) is 104 Å². The molecule has 1 saturated carbocycles. The average Bonchev–Trinajstić information content (AvgIpc) is 3.63. The van der Waals surface area contributed by atoms with E-state index in [1.807, 2.05) is 6.92 Å². The Kier molecular flexibility index (Phi) is 11.5. The molecular formula is C34H40O7S. The summed E-state index contributed by atoms with van der Waals surface area (Å²) in [6, 6.07) is 12.9. The summed E-state index contributed by atoms with van der Waals surface area (Å²) in [7, 11) is -3.55. The largest absolute Gasteiger partial charge is 0.465 e. The van der Waals surface area contributed by atoms with Crippen LogP contribution in [-0.2, 0) is 24.1 Å². The van der Waals surface area contributed by atoms with Crippen molar-refractivity contribution in [3.05, 3.63) is 65.2 Å². The normalized spacial score (nSPS) is 19.4. The first kappa shape index (κ1) is 31.7. The molecule has 4 rings (SSSR count). The van der Waals surface area contributed by atoms with Crippen molar-refractivity contribution in [2.24, 2.45) is 17.8 Å². The van der Waals surface area contributed by atoms with Crippen LogP contribution in [0.4, 0.5) is 0 Å². The quantitative estimate of drug-likeness (QED) is 0.105. The van der Waals surface area contributed by atoms with Gasteiger partial charge in [0.05, 0.1) is 17.3 Å². The van der Waals surface area contributed by atoms with Crippen LogP contribution in [0.2, 0.25) is 0 Å². The summed E-state index contributed by atoms with van der Waals surface area (Å²) in [6.45, 7) is 3.25. The van der Waals surface area contributed by atoms with Gasteiger partial charge < -0.3 is 9.47 Å². The van der Waals surface area contributed by atoms with Crippen molar-refractivity contribution in [3.63, 3.8) is 0 Å². The van der Waals surface area contributed by atoms with Crippen LogP contribution in [-0.4, -0.2) is 51.5 Å². The second kappa shape index (κ2) is 15.3. The summed E-state index contributed by atoms with van der Waals surface area (Å²) in [5.41, 5.74) is 1.84. The lowest BCUT2D eigenvalue weighted by atomic mass is 10.0. The third-order valence-electron chi connectivity index (χ3n) is 8.14. The number of carbonyl (C=O) groups is 3. The summed E-state index contributed by atoms with van der Waals surface area (Å²) in [4.78, 5) is 37.3. The first-order chi connectivity index (χ1) is 20.2. The number of esters is 1. The van der Waals surface area contributed by atoms with Crippen LogP contribution in [0, 0.1) is 36.5 Å². The van der Waals surface area contributed by atoms with Gasteiger partial charge in [-0.05, 0) is 62.5 Å². The first-order valence-electron chi connectivity index (χ1n) is 14.9. The molecule has 2 aromatic rings. The van der Waals surface area contributed by atoms with Gasteiger partial charge in [0.1, 0.15) is 0 Å². The Balaban J connectivity index is 1.05. The molecule has 42 heavy (non-hydrogen) atoms. The van der Waals surface area contributed by atoms with Crippen LogP contribution in [0.1, 0.15) is 84.1 Å². The van der Waals surface area contributed by atoms with Gasteiger partial charge in [0.15, 0.2) is 21.4 Å². The lowest BCUT2D eigenvalue weighted by Gasteiger charge is -2.07. The summed E-state index contributed by atoms with van der Waals surface area (Å²) in [5.74, 6) is 7.43. The van der Waals surface area contributed by atoms with Crippen molar-refractivity contribution in [3.8, 4) is 11.8 Å². The molecule has 1 fully saturated rings. The van der Waals surface area contributed by atoms with E-state index < -0.39 is 9.84 Å². The van der Waals surface area contributed by atoms with Crippen LogP contribution in [0.25, 0.3) is 0 Å². The molecule has 7 nitrogen and oxygen atoms in total. The first-order valence-corrected chi connectivity index (χ1v) is 16.5. The van der Waals surface area contributed by atoms with E-state index in [0.29, 0.717) is 74.4 Å². The predicted octanol–water partition coefficient (Wildman–Crippen LogP) is 5.78. The van der Waals surface area contributed by atoms with Crippen molar-refractivity contribution < 1.29 is 32.3 Å². The SMILES string of the molecule is Cc1ccc(S(=O)(=O)CCC(=O)c2ccc(C(=O)CCCOCCCC(=O)OCC3[C@H]4CCC#CCC[C@@H]34)cc2)cc1. The summed E-state index contributed by atoms with van der Waals surface area (Å²) in [6.07, 6.45) is 5.77. The number of sulfone groups is 1. The number of ketones is 2. The number of benzene rings is 2. The highest BCUT2D eigenvalue weighted by Crippen LogP contribution is 2.52. The van der Waals surface area contributed by atoms with Gasteiger partial charge in [-0.3, -0.25) is 14.4 Å². The molecule has 224 valence electrons. The lowest BCUT2D eigenvalue weighted by molar-refractivity contribution is -0.144. The monoisotopic (exact) mass is 592 g/mol. The molecule has 0 aromatic heterocycles. The van der Waals surface area contributed by atoms with E-state index in [2.05, 4.69) is 11.8 Å². The second-order valence-electron chi connectivity index (χ2n) is 11.2. The molecule has 1 unspecified atom stereocenters. The molecule has 0 heterocycles. The zero-order valence-electron chi connectivity index (χ0n) is 24.3. The van der Waals surface area contributed by atoms with Crippen LogP contribution >= 0.6 is 0 Å². The Morgan fingerprint density at radius 1 is 0.786 bits per heavy atom. The van der Waals surface area contributed by atoms with Gasteiger partial charge in [0.2, 0.25) is 0 Å². The van der Waals surface area contributed by atoms with E-state index >= 15 is 0 Å². The van der Waals surface area contributed by atoms with Crippen LogP contribution < -0.4 is 0 Å². The highest BCUT2D eigenvalue weighted by molar-refractivity contribution is 7.91. The molecule has 0 bridgehead atoms. The molecule has 2 aliphatic carbocycles. The van der Waals surface area contributed by atoms with Gasteiger partial charge in [-0.15, -0.1) is 11.8 Å². The Morgan fingerprint density at radius 2 is 1.33 bits per heavy atom. The van der Waals surface area contributed by atoms with Crippen LogP contribution in [0.15, 0.2) is 53.4 Å². The Hall–Kier alpha value is -3.28. The second-order valence-corrected chi connectivity index (χ2v) is 13.3. The molecule has 2 aromatic carbocycles. The van der Waals surface area contributed by atoms with Crippen LogP contribution in [0.5, 0.6) is 0 Å². The van der Waals surface area contributed by atoms with Crippen LogP contribution in [0.3, 0.4) is 0 Å². The molecule has 3 atom stereocenters. The fourth-order valence-corrected chi connectivity index (χ4v) is 6.76. The molecule has 2 aliphatic rings. The molecule has 0 radical (unpaired) electrons. The number of Topliss-reactive ketones (excluding diaryl/α,β-unsaturated/α-hetero) is 2. The minimum atomic E-state index is -3.55. The standard InChI is InChI=1S/C34H40O7S/c1-25-12-18-28(19-13-25)42(38,39)23-20-33(36)27-16-14-26(15-17-27)32(35)10-6-21-40-22-7-11-34(37)41-24-31-29-8-4-2-3-5-9-30(29)31/h12-19,29-31H,4-11,20-24H2,1H3/t29-,30+,31?. The Morgan fingerprint density at radius 3 is 1.93 bits per heavy atom. The molecule has 0 spiro atoms. The Bertz CT molecular complexity index is 1380. The van der Waals surface area contributed by atoms with Crippen molar-refractivity contribution in [1.29, 1.82) is 0 Å². The van der Waals surface area contributed by atoms with Gasteiger partial charge in [0.25, 0.3) is 0 Å². The average molecular weight is 593 g/mol. The predicted molar refractivity (Wildman–Crippen MR) is 160 cm³/mol. The van der Waals surface area contributed by atoms with E-state index in [1.54, 1.807) is 48.5 Å². The maximum absolute atomic E-state index is 12.5. The van der Waals surface area contributed by atoms with E-state index in [1.165, 1.54) is 0 Å². The molecule has 0 amide bonds. The molecule has 0 saturated heterocycles. The number of rotatable bonds is 16. The fraction of sp³-hybridized carbons (Fsp3) is 0.500. The van der Waals surface area contributed by atoms with Gasteiger partial charge in [-0.2, -0.15) is 0 Å². The lowest BCUT2D eigenvalue weighted by Crippen LogP contribution is -2.12. The van der Waals surface area contributed by atoms with Gasteiger partial charge in [-0.1, -0.05) is 42.0 Å². The smallest absolute Gasteiger partial charge is 0.305 e. The number of fused-ring (bicyclic) bond motifs is 1.